The van der Waals surface area contributed by atoms with E-state index in [9.17, 15) is 14.4 Å². The second kappa shape index (κ2) is 8.48. The summed E-state index contributed by atoms with van der Waals surface area (Å²) in [6.07, 6.45) is 1.74. The number of nitrogens with one attached hydrogen (secondary N) is 2. The highest BCUT2D eigenvalue weighted by Gasteiger charge is 2.25. The molecule has 2 amide bonds. The van der Waals surface area contributed by atoms with Crippen molar-refractivity contribution in [1.82, 2.24) is 10.6 Å². The molecule has 5 nitrogen and oxygen atoms in total. The molecule has 0 aliphatic rings. The molecule has 0 saturated heterocycles. The van der Waals surface area contributed by atoms with Crippen LogP contribution < -0.4 is 10.6 Å². The molecule has 5 heteroatoms. The normalized spacial score (nSPS) is 11.3. The highest BCUT2D eigenvalue weighted by atomic mass is 16.2. The summed E-state index contributed by atoms with van der Waals surface area (Å²) in [5, 5.41) is 4.86. The Labute approximate surface area is 134 Å². The van der Waals surface area contributed by atoms with E-state index in [4.69, 9.17) is 0 Å². The Morgan fingerprint density at radius 2 is 1.48 bits per heavy atom. The molecule has 1 radical (unpaired) electrons. The van der Waals surface area contributed by atoms with Gasteiger partial charge >= 0.3 is 6.41 Å². The van der Waals surface area contributed by atoms with Crippen molar-refractivity contribution in [3.05, 3.63) is 71.8 Å². The lowest BCUT2D eigenvalue weighted by Crippen LogP contribution is -2.46. The van der Waals surface area contributed by atoms with Gasteiger partial charge in [-0.05, 0) is 11.1 Å². The first-order chi connectivity index (χ1) is 11.2. The minimum atomic E-state index is -0.925. The predicted molar refractivity (Wildman–Crippen MR) is 86.1 cm³/mol. The lowest BCUT2D eigenvalue weighted by atomic mass is 10.0. The summed E-state index contributed by atoms with van der Waals surface area (Å²) in [4.78, 5) is 34.8. The van der Waals surface area contributed by atoms with Gasteiger partial charge in [-0.3, -0.25) is 14.4 Å². The molecule has 0 aromatic heterocycles. The van der Waals surface area contributed by atoms with Gasteiger partial charge in [0.15, 0.2) is 0 Å². The number of hydrogen-bond donors (Lipinski definition) is 2. The standard InChI is InChI=1S/C18H17N2O3/c21-13-20-16(11-14-7-3-1-4-8-14)17(22)18(23)19-12-15-9-5-2-6-10-15/h1-10,16H,11-12H2,(H,19,23)(H,20,21). The monoisotopic (exact) mass is 309 g/mol. The number of Topliss-reactive ketones (excluding diaryl/α,β-unsaturated/α-hetero) is 1. The van der Waals surface area contributed by atoms with Crippen molar-refractivity contribution in [1.29, 1.82) is 0 Å². The molecule has 0 aliphatic carbocycles. The number of amides is 2. The van der Waals surface area contributed by atoms with Gasteiger partial charge in [0.2, 0.25) is 5.78 Å². The van der Waals surface area contributed by atoms with E-state index < -0.39 is 17.7 Å². The third-order valence-corrected chi connectivity index (χ3v) is 3.35. The van der Waals surface area contributed by atoms with Crippen LogP contribution in [0.25, 0.3) is 0 Å². The number of hydrogen-bond acceptors (Lipinski definition) is 3. The molecule has 0 heterocycles. The molecule has 2 N–H and O–H groups in total. The highest BCUT2D eigenvalue weighted by molar-refractivity contribution is 6.38. The largest absolute Gasteiger partial charge is 0.345 e. The van der Waals surface area contributed by atoms with Gasteiger partial charge in [-0.2, -0.15) is 0 Å². The first-order valence-electron chi connectivity index (χ1n) is 7.23. The highest BCUT2D eigenvalue weighted by Crippen LogP contribution is 2.04. The van der Waals surface area contributed by atoms with Gasteiger partial charge in [-0.1, -0.05) is 60.7 Å². The summed E-state index contributed by atoms with van der Waals surface area (Å²) in [5.74, 6) is -1.41. The molecule has 0 bridgehead atoms. The Morgan fingerprint density at radius 3 is 2.04 bits per heavy atom. The smallest absolute Gasteiger partial charge is 0.309 e. The van der Waals surface area contributed by atoms with Crippen LogP contribution in [0, 0.1) is 0 Å². The van der Waals surface area contributed by atoms with E-state index in [1.165, 1.54) is 6.41 Å². The summed E-state index contributed by atoms with van der Waals surface area (Å²) in [6, 6.07) is 17.5. The Bertz CT molecular complexity index is 656. The van der Waals surface area contributed by atoms with Crippen molar-refractivity contribution in [3.8, 4) is 0 Å². The van der Waals surface area contributed by atoms with Gasteiger partial charge in [-0.15, -0.1) is 0 Å². The molecule has 2 aromatic rings. The lowest BCUT2D eigenvalue weighted by Gasteiger charge is -2.14. The fourth-order valence-electron chi connectivity index (χ4n) is 2.15. The van der Waals surface area contributed by atoms with Gasteiger partial charge in [0.25, 0.3) is 5.91 Å². The maximum Gasteiger partial charge on any atom is 0.309 e. The molecule has 0 fully saturated rings. The van der Waals surface area contributed by atoms with Crippen molar-refractivity contribution < 1.29 is 14.4 Å². The van der Waals surface area contributed by atoms with E-state index in [1.54, 1.807) is 0 Å². The van der Waals surface area contributed by atoms with Crippen molar-refractivity contribution in [2.24, 2.45) is 0 Å². The zero-order valence-electron chi connectivity index (χ0n) is 12.5. The van der Waals surface area contributed by atoms with Crippen molar-refractivity contribution in [2.45, 2.75) is 19.0 Å². The van der Waals surface area contributed by atoms with Crippen LogP contribution in [0.15, 0.2) is 60.7 Å². The van der Waals surface area contributed by atoms with Crippen molar-refractivity contribution in [2.75, 3.05) is 0 Å². The molecule has 117 valence electrons. The second-order valence-corrected chi connectivity index (χ2v) is 5.02. The maximum absolute atomic E-state index is 12.2. The van der Waals surface area contributed by atoms with Crippen LogP contribution in [0.5, 0.6) is 0 Å². The number of ketones is 1. The van der Waals surface area contributed by atoms with Gasteiger partial charge in [-0.25, -0.2) is 0 Å². The molecular weight excluding hydrogens is 292 g/mol. The molecular formula is C18H17N2O3. The number of carbonyl (C=O) groups excluding carboxylic acids is 3. The molecule has 2 rings (SSSR count). The minimum Gasteiger partial charge on any atom is -0.345 e. The van der Waals surface area contributed by atoms with E-state index in [2.05, 4.69) is 10.6 Å². The second-order valence-electron chi connectivity index (χ2n) is 5.02. The van der Waals surface area contributed by atoms with Crippen LogP contribution >= 0.6 is 0 Å². The first kappa shape index (κ1) is 16.4. The molecule has 2 aromatic carbocycles. The maximum atomic E-state index is 12.2. The van der Waals surface area contributed by atoms with Gasteiger partial charge < -0.3 is 10.6 Å². The Kier molecular flexibility index (Phi) is 6.06. The van der Waals surface area contributed by atoms with Crippen LogP contribution in [0.2, 0.25) is 0 Å². The van der Waals surface area contributed by atoms with Crippen molar-refractivity contribution in [3.63, 3.8) is 0 Å². The van der Waals surface area contributed by atoms with E-state index >= 15 is 0 Å². The summed E-state index contributed by atoms with van der Waals surface area (Å²) >= 11 is 0. The average molecular weight is 309 g/mol. The third kappa shape index (κ3) is 5.07. The fourth-order valence-corrected chi connectivity index (χ4v) is 2.15. The summed E-state index contributed by atoms with van der Waals surface area (Å²) in [7, 11) is 0. The van der Waals surface area contributed by atoms with E-state index in [1.807, 2.05) is 60.7 Å². The summed E-state index contributed by atoms with van der Waals surface area (Å²) in [5.41, 5.74) is 1.74. The van der Waals surface area contributed by atoms with E-state index in [-0.39, 0.29) is 13.0 Å². The molecule has 0 saturated carbocycles. The lowest BCUT2D eigenvalue weighted by molar-refractivity contribution is -0.139. The molecule has 1 unspecified atom stereocenters. The summed E-state index contributed by atoms with van der Waals surface area (Å²) in [6.45, 7) is 0.258. The average Bonchev–Trinajstić information content (AvgIpc) is 2.60. The van der Waals surface area contributed by atoms with Crippen LogP contribution in [0.1, 0.15) is 11.1 Å². The van der Waals surface area contributed by atoms with Crippen LogP contribution in [0.3, 0.4) is 0 Å². The number of benzene rings is 2. The van der Waals surface area contributed by atoms with Crippen LogP contribution in [-0.2, 0) is 27.3 Å². The van der Waals surface area contributed by atoms with Crippen LogP contribution in [0.4, 0.5) is 0 Å². The Balaban J connectivity index is 1.96. The quantitative estimate of drug-likeness (QED) is 0.567. The zero-order chi connectivity index (χ0) is 16.5. The number of rotatable bonds is 8. The first-order valence-corrected chi connectivity index (χ1v) is 7.23. The number of carbonyl (C=O) groups is 2. The minimum absolute atomic E-state index is 0.244. The fraction of sp³-hybridized carbons (Fsp3) is 0.167. The van der Waals surface area contributed by atoms with Gasteiger partial charge in [0.1, 0.15) is 6.04 Å². The topological polar surface area (TPSA) is 75.3 Å². The summed E-state index contributed by atoms with van der Waals surface area (Å²) < 4.78 is 0. The third-order valence-electron chi connectivity index (χ3n) is 3.35. The van der Waals surface area contributed by atoms with Crippen molar-refractivity contribution >= 4 is 18.1 Å². The molecule has 23 heavy (non-hydrogen) atoms. The molecule has 1 atom stereocenters. The molecule has 0 aliphatic heterocycles. The van der Waals surface area contributed by atoms with E-state index in [0.717, 1.165) is 11.1 Å². The zero-order valence-corrected chi connectivity index (χ0v) is 12.5. The SMILES string of the molecule is O=[C]NC(Cc1ccccc1)C(=O)C(=O)NCc1ccccc1. The Morgan fingerprint density at radius 1 is 0.913 bits per heavy atom. The predicted octanol–water partition coefficient (Wildman–Crippen LogP) is 1.14. The van der Waals surface area contributed by atoms with Crippen LogP contribution in [-0.4, -0.2) is 24.1 Å². The van der Waals surface area contributed by atoms with Gasteiger partial charge in [0, 0.05) is 13.0 Å². The molecule has 0 spiro atoms. The Hall–Kier alpha value is -2.95. The van der Waals surface area contributed by atoms with Gasteiger partial charge in [0.05, 0.1) is 0 Å². The van der Waals surface area contributed by atoms with E-state index in [0.29, 0.717) is 0 Å².